The maximum Gasteiger partial charge on any atom is 0.309 e. The molecule has 4 rings (SSSR count). The Kier molecular flexibility index (Phi) is 8.63. The number of Topliss-reactive ketones (excluding diaryl/α,β-unsaturated/α-hetero) is 1. The van der Waals surface area contributed by atoms with Crippen molar-refractivity contribution in [2.75, 3.05) is 0 Å². The van der Waals surface area contributed by atoms with Crippen LogP contribution in [0.2, 0.25) is 0 Å². The topological polar surface area (TPSA) is 109 Å². The molecule has 3 aliphatic rings. The summed E-state index contributed by atoms with van der Waals surface area (Å²) in [6.07, 6.45) is 4.74. The number of cyclic esters (lactones) is 1. The Morgan fingerprint density at radius 2 is 1.97 bits per heavy atom. The van der Waals surface area contributed by atoms with Crippen molar-refractivity contribution < 1.29 is 29.3 Å². The fraction of sp³-hybridized carbons (Fsp3) is 0.759. The first-order valence-corrected chi connectivity index (χ1v) is 14.7. The van der Waals surface area contributed by atoms with Crippen molar-refractivity contribution >= 4 is 29.2 Å². The Hall–Kier alpha value is -1.61. The number of aliphatic hydroxyl groups excluding tert-OH is 2. The lowest BCUT2D eigenvalue weighted by Crippen LogP contribution is -2.53. The third-order valence-corrected chi connectivity index (χ3v) is 9.89. The van der Waals surface area contributed by atoms with Crippen LogP contribution < -0.4 is 0 Å². The zero-order chi connectivity index (χ0) is 27.0. The number of nitrogens with zero attached hydrogens (tertiary/aromatic N) is 1. The molecule has 0 amide bonds. The van der Waals surface area contributed by atoms with Gasteiger partial charge in [-0.25, -0.2) is 4.98 Å². The normalized spacial score (nSPS) is 37.5. The van der Waals surface area contributed by atoms with Crippen LogP contribution in [0.25, 0.3) is 6.08 Å². The first-order valence-electron chi connectivity index (χ1n) is 13.9. The zero-order valence-corrected chi connectivity index (χ0v) is 23.7. The van der Waals surface area contributed by atoms with Crippen molar-refractivity contribution in [3.63, 3.8) is 0 Å². The summed E-state index contributed by atoms with van der Waals surface area (Å²) < 4.78 is 12.1. The molecule has 1 aromatic rings. The lowest BCUT2D eigenvalue weighted by molar-refractivity contribution is -0.162. The number of aromatic nitrogens is 1. The summed E-state index contributed by atoms with van der Waals surface area (Å²) in [6.45, 7) is 9.90. The number of fused-ring (bicyclic) bond motifs is 1. The smallest absolute Gasteiger partial charge is 0.309 e. The molecule has 2 saturated heterocycles. The van der Waals surface area contributed by atoms with Gasteiger partial charge in [0.2, 0.25) is 0 Å². The van der Waals surface area contributed by atoms with Gasteiger partial charge in [-0.2, -0.15) is 0 Å². The van der Waals surface area contributed by atoms with Crippen LogP contribution in [-0.2, 0) is 19.1 Å². The van der Waals surface area contributed by atoms with E-state index in [-0.39, 0.29) is 29.8 Å². The molecule has 1 saturated carbocycles. The summed E-state index contributed by atoms with van der Waals surface area (Å²) in [5.41, 5.74) is 0.442. The average molecular weight is 534 g/mol. The largest absolute Gasteiger partial charge is 0.458 e. The summed E-state index contributed by atoms with van der Waals surface area (Å²) in [5, 5.41) is 25.3. The van der Waals surface area contributed by atoms with Crippen molar-refractivity contribution in [3.8, 4) is 0 Å². The van der Waals surface area contributed by atoms with Crippen molar-refractivity contribution in [2.24, 2.45) is 17.3 Å². The SMILES string of the molecule is CC[C@@H]1C(=O)C2(CCC2)[C@H](O)CC(=O)O[C@H](/C(C)=C/c2csc(C)n2)CC2OC2(C)CCC[C@H](C)[C@@H]1O. The van der Waals surface area contributed by atoms with Gasteiger partial charge in [0.1, 0.15) is 11.9 Å². The Labute approximate surface area is 224 Å². The molecule has 1 aliphatic carbocycles. The van der Waals surface area contributed by atoms with Gasteiger partial charge in [0, 0.05) is 17.7 Å². The zero-order valence-electron chi connectivity index (χ0n) is 22.9. The number of epoxide rings is 1. The van der Waals surface area contributed by atoms with Crippen molar-refractivity contribution in [3.05, 3.63) is 21.7 Å². The number of aryl methyl sites for hydroxylation is 1. The molecule has 0 radical (unpaired) electrons. The Morgan fingerprint density at radius 1 is 1.24 bits per heavy atom. The highest BCUT2D eigenvalue weighted by atomic mass is 32.1. The molecule has 1 spiro atoms. The lowest BCUT2D eigenvalue weighted by atomic mass is 9.58. The van der Waals surface area contributed by atoms with Crippen LogP contribution in [0.4, 0.5) is 0 Å². The molecule has 3 fully saturated rings. The van der Waals surface area contributed by atoms with E-state index in [2.05, 4.69) is 11.9 Å². The van der Waals surface area contributed by atoms with Gasteiger partial charge in [0.05, 0.1) is 46.5 Å². The molecule has 2 N–H and O–H groups in total. The van der Waals surface area contributed by atoms with E-state index in [4.69, 9.17) is 9.47 Å². The van der Waals surface area contributed by atoms with Crippen molar-refractivity contribution in [1.82, 2.24) is 4.98 Å². The summed E-state index contributed by atoms with van der Waals surface area (Å²) >= 11 is 1.57. The number of carbonyl (C=O) groups is 2. The Morgan fingerprint density at radius 3 is 2.57 bits per heavy atom. The van der Waals surface area contributed by atoms with E-state index in [0.717, 1.165) is 42.0 Å². The third-order valence-electron chi connectivity index (χ3n) is 9.10. The first kappa shape index (κ1) is 28.4. The molecule has 206 valence electrons. The van der Waals surface area contributed by atoms with E-state index in [1.54, 1.807) is 11.3 Å². The predicted octanol–water partition coefficient (Wildman–Crippen LogP) is 5.01. The molecule has 2 unspecified atom stereocenters. The Balaban J connectivity index is 1.59. The number of thiazole rings is 1. The summed E-state index contributed by atoms with van der Waals surface area (Å²) in [6, 6.07) is 0. The molecule has 1 aromatic heterocycles. The maximum atomic E-state index is 13.7. The number of esters is 1. The first-order chi connectivity index (χ1) is 17.5. The van der Waals surface area contributed by atoms with Crippen LogP contribution in [0.3, 0.4) is 0 Å². The van der Waals surface area contributed by atoms with Gasteiger partial charge in [-0.1, -0.05) is 26.7 Å². The highest BCUT2D eigenvalue weighted by Crippen LogP contribution is 2.49. The van der Waals surface area contributed by atoms with Gasteiger partial charge in [-0.15, -0.1) is 11.3 Å². The van der Waals surface area contributed by atoms with E-state index < -0.39 is 35.6 Å². The van der Waals surface area contributed by atoms with E-state index in [0.29, 0.717) is 25.7 Å². The second-order valence-corrected chi connectivity index (χ2v) is 12.8. The minimum atomic E-state index is -1.13. The van der Waals surface area contributed by atoms with Gasteiger partial charge in [-0.05, 0) is 70.4 Å². The number of rotatable bonds is 3. The van der Waals surface area contributed by atoms with Gasteiger partial charge in [-0.3, -0.25) is 9.59 Å². The predicted molar refractivity (Wildman–Crippen MR) is 143 cm³/mol. The van der Waals surface area contributed by atoms with Gasteiger partial charge in [0.25, 0.3) is 0 Å². The molecule has 0 aromatic carbocycles. The highest BCUT2D eigenvalue weighted by Gasteiger charge is 2.55. The van der Waals surface area contributed by atoms with E-state index in [1.165, 1.54) is 0 Å². The summed E-state index contributed by atoms with van der Waals surface area (Å²) in [5.74, 6) is -1.21. The van der Waals surface area contributed by atoms with Crippen molar-refractivity contribution in [2.45, 2.75) is 122 Å². The molecular weight excluding hydrogens is 490 g/mol. The number of carbonyl (C=O) groups excluding carboxylic acids is 2. The van der Waals surface area contributed by atoms with Crippen LogP contribution in [0, 0.1) is 24.2 Å². The molecular formula is C29H43NO6S. The van der Waals surface area contributed by atoms with Crippen LogP contribution in [0.5, 0.6) is 0 Å². The second kappa shape index (κ2) is 11.2. The summed E-state index contributed by atoms with van der Waals surface area (Å²) in [4.78, 5) is 31.4. The van der Waals surface area contributed by atoms with E-state index >= 15 is 0 Å². The van der Waals surface area contributed by atoms with E-state index in [9.17, 15) is 19.8 Å². The van der Waals surface area contributed by atoms with Gasteiger partial charge >= 0.3 is 5.97 Å². The summed E-state index contributed by atoms with van der Waals surface area (Å²) in [7, 11) is 0. The minimum absolute atomic E-state index is 0.0354. The second-order valence-electron chi connectivity index (χ2n) is 11.8. The van der Waals surface area contributed by atoms with Crippen LogP contribution >= 0.6 is 11.3 Å². The van der Waals surface area contributed by atoms with E-state index in [1.807, 2.05) is 39.2 Å². The fourth-order valence-electron chi connectivity index (χ4n) is 6.26. The van der Waals surface area contributed by atoms with Crippen LogP contribution in [0.15, 0.2) is 11.0 Å². The Bertz CT molecular complexity index is 1020. The average Bonchev–Trinajstić information content (AvgIpc) is 3.24. The van der Waals surface area contributed by atoms with Gasteiger partial charge < -0.3 is 19.7 Å². The fourth-order valence-corrected chi connectivity index (χ4v) is 6.83. The van der Waals surface area contributed by atoms with Crippen LogP contribution in [0.1, 0.15) is 96.2 Å². The molecule has 0 bridgehead atoms. The van der Waals surface area contributed by atoms with Gasteiger partial charge in [0.15, 0.2) is 0 Å². The highest BCUT2D eigenvalue weighted by molar-refractivity contribution is 7.09. The quantitative estimate of drug-likeness (QED) is 0.415. The minimum Gasteiger partial charge on any atom is -0.458 e. The van der Waals surface area contributed by atoms with Crippen molar-refractivity contribution in [1.29, 1.82) is 0 Å². The van der Waals surface area contributed by atoms with Crippen LogP contribution in [-0.4, -0.2) is 57.0 Å². The molecule has 2 aliphatic heterocycles. The lowest BCUT2D eigenvalue weighted by Gasteiger charge is -2.46. The number of hydrogen-bond acceptors (Lipinski definition) is 8. The molecule has 7 nitrogen and oxygen atoms in total. The number of aliphatic hydroxyl groups is 2. The standard InChI is InChI=1S/C29H43NO6S/c1-6-21-26(33)17(2)9-7-10-28(5)24(36-28)14-22(18(3)13-20-16-37-19(4)30-20)35-25(32)15-23(31)29(27(21)34)11-8-12-29/h13,16-17,21-24,26,31,33H,6-12,14-15H2,1-5H3/b18-13+/t17-,21-,22-,23+,24?,26-,28?/m0/s1. The monoisotopic (exact) mass is 533 g/mol. The number of hydrogen-bond donors (Lipinski definition) is 2. The molecule has 8 heteroatoms. The number of ketones is 1. The molecule has 7 atom stereocenters. The molecule has 3 heterocycles. The molecule has 37 heavy (non-hydrogen) atoms. The number of ether oxygens (including phenoxy) is 2. The third kappa shape index (κ3) is 6.02. The maximum absolute atomic E-state index is 13.7.